The van der Waals surface area contributed by atoms with Gasteiger partial charge < -0.3 is 29.3 Å². The van der Waals surface area contributed by atoms with E-state index < -0.39 is 17.7 Å². The molecule has 1 aliphatic rings. The third-order valence-electron chi connectivity index (χ3n) is 6.37. The van der Waals surface area contributed by atoms with E-state index in [1.165, 1.54) is 0 Å². The Hall–Kier alpha value is -3.14. The number of amides is 3. The van der Waals surface area contributed by atoms with Crippen LogP contribution in [0.15, 0.2) is 65.1 Å². The Morgan fingerprint density at radius 2 is 1.76 bits per heavy atom. The molecule has 218 valence electrons. The molecule has 0 radical (unpaired) electrons. The molecule has 1 fully saturated rings. The van der Waals surface area contributed by atoms with Crippen LogP contribution in [-0.4, -0.2) is 54.3 Å². The van der Waals surface area contributed by atoms with Crippen molar-refractivity contribution in [3.63, 3.8) is 0 Å². The Kier molecular flexibility index (Phi) is 9.94. The van der Waals surface area contributed by atoms with Gasteiger partial charge in [-0.15, -0.1) is 0 Å². The number of hydrogen-bond donors (Lipinski definition) is 1. The van der Waals surface area contributed by atoms with E-state index in [2.05, 4.69) is 21.2 Å². The van der Waals surface area contributed by atoms with Crippen LogP contribution in [0.5, 0.6) is 17.2 Å². The van der Waals surface area contributed by atoms with Gasteiger partial charge >= 0.3 is 12.1 Å². The molecule has 0 spiro atoms. The minimum absolute atomic E-state index is 0.202. The van der Waals surface area contributed by atoms with Crippen LogP contribution in [-0.2, 0) is 11.3 Å². The molecule has 1 saturated heterocycles. The number of halogens is 3. The number of carbonyl (C=O) groups excluding carboxylic acids is 2. The predicted molar refractivity (Wildman–Crippen MR) is 163 cm³/mol. The summed E-state index contributed by atoms with van der Waals surface area (Å²) in [5, 5.41) is 3.83. The molecular weight excluding hydrogens is 633 g/mol. The number of piperazine rings is 1. The van der Waals surface area contributed by atoms with Crippen LogP contribution >= 0.6 is 39.1 Å². The van der Waals surface area contributed by atoms with Crippen molar-refractivity contribution in [2.45, 2.75) is 39.0 Å². The molecule has 3 aromatic rings. The molecule has 0 aromatic heterocycles. The summed E-state index contributed by atoms with van der Waals surface area (Å²) in [6, 6.07) is 17.3. The number of benzene rings is 3. The van der Waals surface area contributed by atoms with Crippen LogP contribution in [0, 0.1) is 0 Å². The van der Waals surface area contributed by atoms with Crippen molar-refractivity contribution in [1.29, 1.82) is 0 Å². The first-order chi connectivity index (χ1) is 19.4. The fourth-order valence-electron chi connectivity index (χ4n) is 4.44. The van der Waals surface area contributed by atoms with Gasteiger partial charge in [0.1, 0.15) is 22.8 Å². The molecule has 0 aliphatic carbocycles. The van der Waals surface area contributed by atoms with Gasteiger partial charge in [0.25, 0.3) is 0 Å². The first-order valence-electron chi connectivity index (χ1n) is 13.0. The molecular formula is C30H32BrCl2N3O5. The van der Waals surface area contributed by atoms with Crippen molar-refractivity contribution in [2.24, 2.45) is 0 Å². The summed E-state index contributed by atoms with van der Waals surface area (Å²) in [5.41, 5.74) is 0.924. The molecule has 41 heavy (non-hydrogen) atoms. The van der Waals surface area contributed by atoms with Gasteiger partial charge in [-0.2, -0.15) is 0 Å². The van der Waals surface area contributed by atoms with Crippen LogP contribution in [0.3, 0.4) is 0 Å². The zero-order chi connectivity index (χ0) is 29.7. The van der Waals surface area contributed by atoms with Crippen LogP contribution in [0.2, 0.25) is 10.0 Å². The van der Waals surface area contributed by atoms with Crippen LogP contribution in [0.4, 0.5) is 9.59 Å². The minimum atomic E-state index is -0.632. The van der Waals surface area contributed by atoms with Gasteiger partial charge in [0.05, 0.1) is 23.2 Å². The summed E-state index contributed by atoms with van der Waals surface area (Å²) in [6.45, 7) is 6.58. The van der Waals surface area contributed by atoms with E-state index in [9.17, 15) is 9.59 Å². The lowest BCUT2D eigenvalue weighted by Crippen LogP contribution is -2.55. The van der Waals surface area contributed by atoms with Gasteiger partial charge in [0, 0.05) is 47.8 Å². The van der Waals surface area contributed by atoms with Crippen molar-refractivity contribution in [3.05, 3.63) is 86.3 Å². The van der Waals surface area contributed by atoms with Gasteiger partial charge in [-0.3, -0.25) is 0 Å². The fraction of sp³-hybridized carbons (Fsp3) is 0.333. The summed E-state index contributed by atoms with van der Waals surface area (Å²) < 4.78 is 18.1. The zero-order valence-corrected chi connectivity index (χ0v) is 26.3. The second-order valence-corrected chi connectivity index (χ2v) is 12.2. The van der Waals surface area contributed by atoms with Gasteiger partial charge in [0.15, 0.2) is 0 Å². The van der Waals surface area contributed by atoms with Gasteiger partial charge in [-0.1, -0.05) is 63.4 Å². The Balaban J connectivity index is 1.54. The average Bonchev–Trinajstić information content (AvgIpc) is 2.93. The van der Waals surface area contributed by atoms with E-state index in [0.29, 0.717) is 40.4 Å². The first-order valence-corrected chi connectivity index (χ1v) is 14.6. The van der Waals surface area contributed by atoms with Crippen molar-refractivity contribution >= 4 is 51.3 Å². The smallest absolute Gasteiger partial charge is 0.410 e. The van der Waals surface area contributed by atoms with Crippen LogP contribution in [0.1, 0.15) is 37.9 Å². The highest BCUT2D eigenvalue weighted by Gasteiger charge is 2.36. The van der Waals surface area contributed by atoms with E-state index in [1.807, 2.05) is 63.2 Å². The number of para-hydroxylation sites is 1. The summed E-state index contributed by atoms with van der Waals surface area (Å²) in [4.78, 5) is 29.9. The van der Waals surface area contributed by atoms with E-state index >= 15 is 0 Å². The summed E-state index contributed by atoms with van der Waals surface area (Å²) in [5.74, 6) is 1.69. The number of hydrogen-bond acceptors (Lipinski definition) is 5. The molecule has 1 N–H and O–H groups in total. The quantitative estimate of drug-likeness (QED) is 0.288. The maximum Gasteiger partial charge on any atom is 0.410 e. The SMILES string of the molecule is COc1ccccc1C1CN(C(=O)OC(C)(C)C)CCN1C(=O)NCc1ccc(Br)cc1Oc1ccc(Cl)c(Cl)c1. The third-order valence-corrected chi connectivity index (χ3v) is 7.60. The average molecular weight is 665 g/mol. The lowest BCUT2D eigenvalue weighted by atomic mass is 10.0. The second kappa shape index (κ2) is 13.2. The minimum Gasteiger partial charge on any atom is -0.496 e. The molecule has 11 heteroatoms. The van der Waals surface area contributed by atoms with E-state index in [0.717, 1.165) is 15.6 Å². The second-order valence-electron chi connectivity index (χ2n) is 10.5. The van der Waals surface area contributed by atoms with Gasteiger partial charge in [0.2, 0.25) is 0 Å². The Labute approximate surface area is 258 Å². The molecule has 4 rings (SSSR count). The molecule has 1 heterocycles. The number of carbonyl (C=O) groups is 2. The highest BCUT2D eigenvalue weighted by atomic mass is 79.9. The number of nitrogens with one attached hydrogen (secondary N) is 1. The van der Waals surface area contributed by atoms with E-state index in [-0.39, 0.29) is 19.1 Å². The van der Waals surface area contributed by atoms with Gasteiger partial charge in [-0.05, 0) is 51.1 Å². The fourth-order valence-corrected chi connectivity index (χ4v) is 5.06. The van der Waals surface area contributed by atoms with E-state index in [1.54, 1.807) is 35.1 Å². The lowest BCUT2D eigenvalue weighted by molar-refractivity contribution is 0.00858. The summed E-state index contributed by atoms with van der Waals surface area (Å²) in [6.07, 6.45) is -0.420. The molecule has 0 bridgehead atoms. The summed E-state index contributed by atoms with van der Waals surface area (Å²) in [7, 11) is 1.58. The number of urea groups is 1. The van der Waals surface area contributed by atoms with Crippen molar-refractivity contribution in [3.8, 4) is 17.2 Å². The molecule has 1 atom stereocenters. The Bertz CT molecular complexity index is 1420. The van der Waals surface area contributed by atoms with Crippen molar-refractivity contribution < 1.29 is 23.8 Å². The highest BCUT2D eigenvalue weighted by Crippen LogP contribution is 2.34. The van der Waals surface area contributed by atoms with E-state index in [4.69, 9.17) is 37.4 Å². The van der Waals surface area contributed by atoms with Crippen molar-refractivity contribution in [1.82, 2.24) is 15.1 Å². The predicted octanol–water partition coefficient (Wildman–Crippen LogP) is 8.06. The maximum absolute atomic E-state index is 13.6. The zero-order valence-electron chi connectivity index (χ0n) is 23.2. The molecule has 1 unspecified atom stereocenters. The van der Waals surface area contributed by atoms with Crippen molar-refractivity contribution in [2.75, 3.05) is 26.7 Å². The number of rotatable bonds is 6. The maximum atomic E-state index is 13.6. The number of methoxy groups -OCH3 is 1. The summed E-state index contributed by atoms with van der Waals surface area (Å²) >= 11 is 15.7. The lowest BCUT2D eigenvalue weighted by Gasteiger charge is -2.42. The topological polar surface area (TPSA) is 80.3 Å². The standard InChI is InChI=1S/C30H32BrCl2N3O5/c1-30(2,3)41-29(38)35-13-14-36(25(18-35)22-7-5-6-8-26(22)39-4)28(37)34-17-19-9-10-20(31)15-27(19)40-21-11-12-23(32)24(33)16-21/h5-12,15-16,25H,13-14,17-18H2,1-4H3,(H,34,37). The Morgan fingerprint density at radius 1 is 1.00 bits per heavy atom. The monoisotopic (exact) mass is 663 g/mol. The number of ether oxygens (including phenoxy) is 3. The van der Waals surface area contributed by atoms with Crippen LogP contribution in [0.25, 0.3) is 0 Å². The van der Waals surface area contributed by atoms with Crippen LogP contribution < -0.4 is 14.8 Å². The molecule has 0 saturated carbocycles. The molecule has 3 amide bonds. The molecule has 1 aliphatic heterocycles. The molecule has 3 aromatic carbocycles. The van der Waals surface area contributed by atoms with Gasteiger partial charge in [-0.25, -0.2) is 9.59 Å². The Morgan fingerprint density at radius 3 is 2.46 bits per heavy atom. The largest absolute Gasteiger partial charge is 0.496 e. The third kappa shape index (κ3) is 7.99. The molecule has 8 nitrogen and oxygen atoms in total. The highest BCUT2D eigenvalue weighted by molar-refractivity contribution is 9.10. The first kappa shape index (κ1) is 30.8. The number of nitrogens with zero attached hydrogens (tertiary/aromatic N) is 2. The normalized spacial score (nSPS) is 15.3.